The van der Waals surface area contributed by atoms with Crippen molar-refractivity contribution in [3.8, 4) is 16.3 Å². The van der Waals surface area contributed by atoms with E-state index in [9.17, 15) is 14.3 Å². The number of carboxylic acid groups (broad SMARTS) is 1. The summed E-state index contributed by atoms with van der Waals surface area (Å²) in [5.41, 5.74) is 1.17. The molecule has 0 aliphatic carbocycles. The number of hydrogen-bond acceptors (Lipinski definition) is 7. The van der Waals surface area contributed by atoms with Gasteiger partial charge in [0.15, 0.2) is 4.88 Å². The molecule has 4 rings (SSSR count). The van der Waals surface area contributed by atoms with E-state index in [1.54, 1.807) is 43.6 Å². The lowest BCUT2D eigenvalue weighted by molar-refractivity contribution is 0.0698. The largest absolute Gasteiger partial charge is 0.492 e. The van der Waals surface area contributed by atoms with E-state index in [-0.39, 0.29) is 10.7 Å². The fourth-order valence-corrected chi connectivity index (χ4v) is 4.08. The van der Waals surface area contributed by atoms with E-state index >= 15 is 0 Å². The number of halogens is 1. The summed E-state index contributed by atoms with van der Waals surface area (Å²) in [6, 6.07) is 8.50. The molecule has 3 aromatic heterocycles. The lowest BCUT2D eigenvalue weighted by Gasteiger charge is -2.08. The van der Waals surface area contributed by atoms with Crippen molar-refractivity contribution in [2.45, 2.75) is 13.3 Å². The minimum absolute atomic E-state index is 0.131. The van der Waals surface area contributed by atoms with Crippen LogP contribution in [0.3, 0.4) is 0 Å². The molecule has 7 nitrogen and oxygen atoms in total. The summed E-state index contributed by atoms with van der Waals surface area (Å²) in [4.78, 5) is 24.8. The number of ether oxygens (including phenoxy) is 1. The van der Waals surface area contributed by atoms with E-state index in [1.807, 2.05) is 0 Å². The summed E-state index contributed by atoms with van der Waals surface area (Å²) in [7, 11) is 0. The number of hydrogen-bond donors (Lipinski definition) is 2. The van der Waals surface area contributed by atoms with Gasteiger partial charge in [-0.1, -0.05) is 0 Å². The van der Waals surface area contributed by atoms with Crippen LogP contribution in [0, 0.1) is 5.82 Å². The second-order valence-electron chi connectivity index (χ2n) is 6.67. The second-order valence-corrected chi connectivity index (χ2v) is 7.73. The molecule has 0 radical (unpaired) electrons. The Kier molecular flexibility index (Phi) is 6.03. The van der Waals surface area contributed by atoms with Crippen molar-refractivity contribution in [3.63, 3.8) is 0 Å². The van der Waals surface area contributed by atoms with E-state index in [0.717, 1.165) is 22.1 Å². The number of pyridine rings is 1. The first-order valence-electron chi connectivity index (χ1n) is 9.63. The first kappa shape index (κ1) is 20.7. The molecular weight excluding hydrogens is 419 g/mol. The molecule has 0 spiro atoms. The molecule has 31 heavy (non-hydrogen) atoms. The molecule has 0 saturated heterocycles. The first-order chi connectivity index (χ1) is 15.0. The molecule has 158 valence electrons. The molecule has 0 bridgehead atoms. The standard InChI is InChI=1S/C22H19FN4O3S/c1-2-30-18-10-19(31-21(18)22(28)29)17-9-20(27-12-26-17)25-6-4-14-7-15-11-24-5-3-13(15)8-16(14)23/h3,5,7-12H,2,4,6H2,1H3,(H,28,29)(H,25,26,27). The van der Waals surface area contributed by atoms with Crippen LogP contribution in [0.5, 0.6) is 5.75 Å². The van der Waals surface area contributed by atoms with Gasteiger partial charge in [-0.2, -0.15) is 0 Å². The summed E-state index contributed by atoms with van der Waals surface area (Å²) in [6.45, 7) is 2.63. The average Bonchev–Trinajstić information content (AvgIpc) is 3.19. The van der Waals surface area contributed by atoms with Crippen LogP contribution in [0.15, 0.2) is 49.1 Å². The number of nitrogens with one attached hydrogen (secondary N) is 1. The monoisotopic (exact) mass is 438 g/mol. The number of anilines is 1. The minimum atomic E-state index is -1.04. The second kappa shape index (κ2) is 9.05. The molecule has 0 aliphatic rings. The highest BCUT2D eigenvalue weighted by Crippen LogP contribution is 2.36. The maximum atomic E-state index is 14.4. The van der Waals surface area contributed by atoms with Gasteiger partial charge < -0.3 is 15.2 Å². The van der Waals surface area contributed by atoms with Gasteiger partial charge in [0.05, 0.1) is 17.2 Å². The lowest BCUT2D eigenvalue weighted by atomic mass is 10.1. The van der Waals surface area contributed by atoms with Crippen LogP contribution in [-0.4, -0.2) is 39.2 Å². The molecule has 0 fully saturated rings. The zero-order valence-electron chi connectivity index (χ0n) is 16.6. The van der Waals surface area contributed by atoms with E-state index in [0.29, 0.717) is 47.3 Å². The molecule has 9 heteroatoms. The minimum Gasteiger partial charge on any atom is -0.492 e. The highest BCUT2D eigenvalue weighted by atomic mass is 32.1. The highest BCUT2D eigenvalue weighted by Gasteiger charge is 2.18. The van der Waals surface area contributed by atoms with Crippen molar-refractivity contribution in [1.29, 1.82) is 0 Å². The van der Waals surface area contributed by atoms with Crippen LogP contribution in [0.2, 0.25) is 0 Å². The van der Waals surface area contributed by atoms with Crippen molar-refractivity contribution in [1.82, 2.24) is 15.0 Å². The Bertz CT molecular complexity index is 1240. The zero-order valence-corrected chi connectivity index (χ0v) is 17.4. The Balaban J connectivity index is 1.48. The Morgan fingerprint density at radius 2 is 2.10 bits per heavy atom. The average molecular weight is 438 g/mol. The van der Waals surface area contributed by atoms with Crippen molar-refractivity contribution in [2.75, 3.05) is 18.5 Å². The van der Waals surface area contributed by atoms with Crippen LogP contribution in [-0.2, 0) is 6.42 Å². The Hall–Kier alpha value is -3.59. The third-order valence-electron chi connectivity index (χ3n) is 4.62. The van der Waals surface area contributed by atoms with Gasteiger partial charge in [-0.3, -0.25) is 4.98 Å². The molecular formula is C22H19FN4O3S. The van der Waals surface area contributed by atoms with Crippen LogP contribution < -0.4 is 10.1 Å². The summed E-state index contributed by atoms with van der Waals surface area (Å²) >= 11 is 1.10. The van der Waals surface area contributed by atoms with Gasteiger partial charge in [0.25, 0.3) is 0 Å². The lowest BCUT2D eigenvalue weighted by Crippen LogP contribution is -2.07. The maximum absolute atomic E-state index is 14.4. The molecule has 3 heterocycles. The highest BCUT2D eigenvalue weighted by molar-refractivity contribution is 7.17. The van der Waals surface area contributed by atoms with E-state index in [1.165, 1.54) is 12.4 Å². The molecule has 2 N–H and O–H groups in total. The van der Waals surface area contributed by atoms with Gasteiger partial charge >= 0.3 is 5.97 Å². The van der Waals surface area contributed by atoms with Crippen LogP contribution in [0.25, 0.3) is 21.3 Å². The van der Waals surface area contributed by atoms with Crippen molar-refractivity contribution >= 4 is 33.9 Å². The van der Waals surface area contributed by atoms with Gasteiger partial charge in [-0.25, -0.2) is 19.2 Å². The van der Waals surface area contributed by atoms with Gasteiger partial charge in [0, 0.05) is 36.5 Å². The predicted molar refractivity (Wildman–Crippen MR) is 117 cm³/mol. The van der Waals surface area contributed by atoms with Gasteiger partial charge in [0.2, 0.25) is 0 Å². The quantitative estimate of drug-likeness (QED) is 0.413. The molecule has 0 amide bonds. The van der Waals surface area contributed by atoms with Gasteiger partial charge in [-0.15, -0.1) is 11.3 Å². The predicted octanol–water partition coefficient (Wildman–Crippen LogP) is 4.64. The number of fused-ring (bicyclic) bond motifs is 1. The number of aromatic carboxylic acids is 1. The number of thiophene rings is 1. The first-order valence-corrected chi connectivity index (χ1v) is 10.4. The third kappa shape index (κ3) is 4.61. The van der Waals surface area contributed by atoms with Gasteiger partial charge in [-0.05, 0) is 42.5 Å². The van der Waals surface area contributed by atoms with Crippen LogP contribution >= 0.6 is 11.3 Å². The summed E-state index contributed by atoms with van der Waals surface area (Å²) in [5, 5.41) is 14.2. The van der Waals surface area contributed by atoms with E-state index in [2.05, 4.69) is 20.3 Å². The SMILES string of the molecule is CCOc1cc(-c2cc(NCCc3cc4cnccc4cc3F)ncn2)sc1C(=O)O. The molecule has 0 unspecified atom stereocenters. The normalized spacial score (nSPS) is 10.9. The van der Waals surface area contributed by atoms with Gasteiger partial charge in [0.1, 0.15) is 23.7 Å². The Morgan fingerprint density at radius 1 is 1.23 bits per heavy atom. The van der Waals surface area contributed by atoms with Crippen LogP contribution in [0.1, 0.15) is 22.2 Å². The number of carboxylic acids is 1. The third-order valence-corrected chi connectivity index (χ3v) is 5.74. The molecule has 1 aromatic carbocycles. The zero-order chi connectivity index (χ0) is 21.8. The number of carbonyl (C=O) groups is 1. The van der Waals surface area contributed by atoms with Crippen molar-refractivity contribution < 1.29 is 19.0 Å². The Labute approximate surface area is 181 Å². The molecule has 0 saturated carbocycles. The summed E-state index contributed by atoms with van der Waals surface area (Å²) in [6.07, 6.45) is 5.22. The number of nitrogens with zero attached hydrogens (tertiary/aromatic N) is 3. The molecule has 0 aliphatic heterocycles. The molecule has 4 aromatic rings. The number of rotatable bonds is 8. The van der Waals surface area contributed by atoms with Crippen molar-refractivity contribution in [2.24, 2.45) is 0 Å². The Morgan fingerprint density at radius 3 is 2.90 bits per heavy atom. The topological polar surface area (TPSA) is 97.2 Å². The maximum Gasteiger partial charge on any atom is 0.349 e. The van der Waals surface area contributed by atoms with E-state index in [4.69, 9.17) is 4.74 Å². The fourth-order valence-electron chi connectivity index (χ4n) is 3.17. The number of aromatic nitrogens is 3. The summed E-state index contributed by atoms with van der Waals surface area (Å²) < 4.78 is 19.8. The van der Waals surface area contributed by atoms with E-state index < -0.39 is 5.97 Å². The summed E-state index contributed by atoms with van der Waals surface area (Å²) in [5.74, 6) is -0.410. The smallest absolute Gasteiger partial charge is 0.349 e. The van der Waals surface area contributed by atoms with Crippen LogP contribution in [0.4, 0.5) is 10.2 Å². The van der Waals surface area contributed by atoms with Crippen molar-refractivity contribution in [3.05, 3.63) is 65.3 Å². The fraction of sp³-hybridized carbons (Fsp3) is 0.182. The molecule has 0 atom stereocenters. The number of benzene rings is 1.